The normalized spacial score (nSPS) is 11.4. The number of hydrogen-bond acceptors (Lipinski definition) is 7. The Hall–Kier alpha value is -4.57. The monoisotopic (exact) mass is 475 g/mol. The molecule has 0 aliphatic rings. The van der Waals surface area contributed by atoms with Gasteiger partial charge in [0.1, 0.15) is 10.6 Å². The Bertz CT molecular complexity index is 1510. The van der Waals surface area contributed by atoms with Crippen LogP contribution in [0.2, 0.25) is 0 Å². The van der Waals surface area contributed by atoms with E-state index in [0.29, 0.717) is 11.1 Å². The van der Waals surface area contributed by atoms with E-state index in [1.165, 1.54) is 36.5 Å². The fraction of sp³-hybridized carbons (Fsp3) is 0. The second kappa shape index (κ2) is 9.51. The highest BCUT2D eigenvalue weighted by Gasteiger charge is 2.19. The van der Waals surface area contributed by atoms with Gasteiger partial charge in [-0.05, 0) is 52.7 Å². The molecular formula is C24H17N3O6S. The van der Waals surface area contributed by atoms with Gasteiger partial charge < -0.3 is 4.18 Å². The van der Waals surface area contributed by atoms with Crippen molar-refractivity contribution in [3.8, 4) is 5.75 Å². The van der Waals surface area contributed by atoms with Crippen molar-refractivity contribution in [2.24, 2.45) is 5.10 Å². The van der Waals surface area contributed by atoms with Crippen molar-refractivity contribution in [2.45, 2.75) is 4.90 Å². The van der Waals surface area contributed by atoms with Gasteiger partial charge in [0.15, 0.2) is 0 Å². The van der Waals surface area contributed by atoms with Crippen molar-refractivity contribution in [3.63, 3.8) is 0 Å². The summed E-state index contributed by atoms with van der Waals surface area (Å²) in [5.41, 5.74) is 3.19. The van der Waals surface area contributed by atoms with Crippen molar-refractivity contribution in [3.05, 3.63) is 112 Å². The van der Waals surface area contributed by atoms with E-state index in [-0.39, 0.29) is 22.2 Å². The minimum absolute atomic E-state index is 0.0171. The van der Waals surface area contributed by atoms with E-state index >= 15 is 0 Å². The third-order valence-corrected chi connectivity index (χ3v) is 6.06. The van der Waals surface area contributed by atoms with Gasteiger partial charge in [0, 0.05) is 17.7 Å². The average molecular weight is 475 g/mol. The number of hydrogen-bond donors (Lipinski definition) is 1. The maximum Gasteiger partial charge on any atom is 0.339 e. The molecule has 0 spiro atoms. The second-order valence-corrected chi connectivity index (χ2v) is 8.63. The summed E-state index contributed by atoms with van der Waals surface area (Å²) < 4.78 is 29.9. The molecule has 0 aliphatic heterocycles. The highest BCUT2D eigenvalue weighted by molar-refractivity contribution is 7.87. The lowest BCUT2D eigenvalue weighted by atomic mass is 10.0. The number of carbonyl (C=O) groups excluding carboxylic acids is 1. The largest absolute Gasteiger partial charge is 0.379 e. The van der Waals surface area contributed by atoms with Gasteiger partial charge in [0.2, 0.25) is 0 Å². The molecule has 0 bridgehead atoms. The van der Waals surface area contributed by atoms with E-state index in [9.17, 15) is 23.3 Å². The summed E-state index contributed by atoms with van der Waals surface area (Å²) in [6.45, 7) is 0. The lowest BCUT2D eigenvalue weighted by Gasteiger charge is -2.07. The minimum atomic E-state index is -4.25. The van der Waals surface area contributed by atoms with Gasteiger partial charge in [-0.15, -0.1) is 0 Å². The fourth-order valence-corrected chi connectivity index (χ4v) is 4.16. The molecule has 0 aromatic heterocycles. The number of nitrogens with one attached hydrogen (secondary N) is 1. The van der Waals surface area contributed by atoms with Crippen molar-refractivity contribution in [2.75, 3.05) is 0 Å². The van der Waals surface area contributed by atoms with E-state index in [1.54, 1.807) is 24.3 Å². The molecule has 0 atom stereocenters. The van der Waals surface area contributed by atoms with Crippen LogP contribution in [0.25, 0.3) is 10.8 Å². The van der Waals surface area contributed by atoms with E-state index in [1.807, 2.05) is 30.3 Å². The van der Waals surface area contributed by atoms with E-state index in [0.717, 1.165) is 16.8 Å². The Morgan fingerprint density at radius 1 is 0.941 bits per heavy atom. The van der Waals surface area contributed by atoms with Crippen LogP contribution in [-0.2, 0) is 10.1 Å². The van der Waals surface area contributed by atoms with Gasteiger partial charge in [-0.2, -0.15) is 13.5 Å². The molecule has 4 aromatic carbocycles. The summed E-state index contributed by atoms with van der Waals surface area (Å²) in [5, 5.41) is 16.6. The number of nitrogens with zero attached hydrogens (tertiary/aromatic N) is 2. The molecule has 0 aliphatic carbocycles. The molecule has 1 amide bonds. The summed E-state index contributed by atoms with van der Waals surface area (Å²) >= 11 is 0. The van der Waals surface area contributed by atoms with Gasteiger partial charge in [0.05, 0.1) is 11.1 Å². The van der Waals surface area contributed by atoms with E-state index < -0.39 is 15.0 Å². The average Bonchev–Trinajstić information content (AvgIpc) is 2.84. The van der Waals surface area contributed by atoms with E-state index in [4.69, 9.17) is 4.18 Å². The van der Waals surface area contributed by atoms with Crippen LogP contribution < -0.4 is 9.61 Å². The zero-order valence-corrected chi connectivity index (χ0v) is 18.3. The third kappa shape index (κ3) is 5.08. The Balaban J connectivity index is 1.42. The zero-order chi connectivity index (χ0) is 24.1. The first-order chi connectivity index (χ1) is 16.3. The van der Waals surface area contributed by atoms with Gasteiger partial charge in [0.25, 0.3) is 11.6 Å². The van der Waals surface area contributed by atoms with Crippen LogP contribution in [0.1, 0.15) is 15.9 Å². The molecule has 9 nitrogen and oxygen atoms in total. The predicted octanol–water partition coefficient (Wildman–Crippen LogP) is 4.28. The molecule has 0 fully saturated rings. The number of fused-ring (bicyclic) bond motifs is 1. The van der Waals surface area contributed by atoms with Crippen molar-refractivity contribution in [1.82, 2.24) is 5.43 Å². The van der Waals surface area contributed by atoms with Gasteiger partial charge >= 0.3 is 10.1 Å². The van der Waals surface area contributed by atoms with Crippen LogP contribution in [-0.4, -0.2) is 25.5 Å². The predicted molar refractivity (Wildman–Crippen MR) is 126 cm³/mol. The molecular weight excluding hydrogens is 458 g/mol. The molecule has 0 saturated heterocycles. The highest BCUT2D eigenvalue weighted by atomic mass is 32.2. The number of hydrazone groups is 1. The number of nitro groups is 1. The van der Waals surface area contributed by atoms with Crippen LogP contribution in [0.4, 0.5) is 5.69 Å². The Morgan fingerprint density at radius 2 is 1.65 bits per heavy atom. The van der Waals surface area contributed by atoms with Crippen LogP contribution in [0.3, 0.4) is 0 Å². The number of non-ortho nitro benzene ring substituents is 1. The van der Waals surface area contributed by atoms with Crippen molar-refractivity contribution < 1.29 is 22.3 Å². The zero-order valence-electron chi connectivity index (χ0n) is 17.5. The van der Waals surface area contributed by atoms with Crippen LogP contribution >= 0.6 is 0 Å². The standard InChI is InChI=1S/C24H17N3O6S/c28-24(23-10-3-6-18-5-1-2-9-22(18)23)26-25-16-17-11-13-20(14-12-17)33-34(31,32)21-8-4-7-19(15-21)27(29)30/h1-16H,(H,26,28)/b25-16-. The van der Waals surface area contributed by atoms with Crippen LogP contribution in [0.15, 0.2) is 101 Å². The summed E-state index contributed by atoms with van der Waals surface area (Å²) in [5.74, 6) is -0.348. The summed E-state index contributed by atoms with van der Waals surface area (Å²) in [6.07, 6.45) is 1.40. The van der Waals surface area contributed by atoms with Gasteiger partial charge in [-0.3, -0.25) is 14.9 Å². The SMILES string of the molecule is O=C(N/N=C\c1ccc(OS(=O)(=O)c2cccc([N+](=O)[O-])c2)cc1)c1cccc2ccccc12. The molecule has 0 saturated carbocycles. The summed E-state index contributed by atoms with van der Waals surface area (Å²) in [4.78, 5) is 22.4. The topological polar surface area (TPSA) is 128 Å². The molecule has 4 aromatic rings. The van der Waals surface area contributed by atoms with Gasteiger partial charge in [-0.25, -0.2) is 5.43 Å². The first kappa shape index (κ1) is 22.6. The second-order valence-electron chi connectivity index (χ2n) is 7.09. The van der Waals surface area contributed by atoms with Crippen LogP contribution in [0, 0.1) is 10.1 Å². The molecule has 0 radical (unpaired) electrons. The summed E-state index contributed by atoms with van der Waals surface area (Å²) in [7, 11) is -4.25. The quantitative estimate of drug-likeness (QED) is 0.184. The molecule has 4 rings (SSSR count). The Kier molecular flexibility index (Phi) is 6.33. The molecule has 1 N–H and O–H groups in total. The molecule has 10 heteroatoms. The highest BCUT2D eigenvalue weighted by Crippen LogP contribution is 2.22. The van der Waals surface area contributed by atoms with Crippen LogP contribution in [0.5, 0.6) is 5.75 Å². The summed E-state index contributed by atoms with van der Waals surface area (Å²) in [6, 6.07) is 23.4. The lowest BCUT2D eigenvalue weighted by Crippen LogP contribution is -2.17. The molecule has 0 heterocycles. The Labute approximate surface area is 194 Å². The molecule has 0 unspecified atom stereocenters. The lowest BCUT2D eigenvalue weighted by molar-refractivity contribution is -0.385. The smallest absolute Gasteiger partial charge is 0.339 e. The maximum atomic E-state index is 12.5. The Morgan fingerprint density at radius 3 is 2.41 bits per heavy atom. The van der Waals surface area contributed by atoms with E-state index in [2.05, 4.69) is 10.5 Å². The van der Waals surface area contributed by atoms with Crippen molar-refractivity contribution in [1.29, 1.82) is 0 Å². The number of amides is 1. The maximum absolute atomic E-state index is 12.5. The number of benzene rings is 4. The molecule has 34 heavy (non-hydrogen) atoms. The first-order valence-corrected chi connectivity index (χ1v) is 11.3. The first-order valence-electron chi connectivity index (χ1n) is 9.94. The minimum Gasteiger partial charge on any atom is -0.379 e. The molecule has 170 valence electrons. The third-order valence-electron chi connectivity index (χ3n) is 4.82. The van der Waals surface area contributed by atoms with Gasteiger partial charge in [-0.1, -0.05) is 42.5 Å². The fourth-order valence-electron chi connectivity index (χ4n) is 3.19. The number of carbonyl (C=O) groups is 1. The number of nitro benzene ring substituents is 1. The number of rotatable bonds is 7. The van der Waals surface area contributed by atoms with Crippen molar-refractivity contribution >= 4 is 38.7 Å².